The summed E-state index contributed by atoms with van der Waals surface area (Å²) in [4.78, 5) is 0. The van der Waals surface area contributed by atoms with Crippen LogP contribution in [0.1, 0.15) is 20.3 Å². The molecule has 0 aromatic heterocycles. The lowest BCUT2D eigenvalue weighted by Gasteiger charge is -2.01. The van der Waals surface area contributed by atoms with Crippen LogP contribution in [0.2, 0.25) is 0 Å². The van der Waals surface area contributed by atoms with E-state index in [1.165, 1.54) is 0 Å². The molecule has 4 heteroatoms. The Morgan fingerprint density at radius 1 is 1.27 bits per heavy atom. The van der Waals surface area contributed by atoms with Crippen molar-refractivity contribution in [2.45, 2.75) is 20.3 Å². The van der Waals surface area contributed by atoms with Crippen molar-refractivity contribution in [3.63, 3.8) is 0 Å². The molecule has 0 spiro atoms. The summed E-state index contributed by atoms with van der Waals surface area (Å²) in [7, 11) is -2.74. The zero-order valence-electron chi connectivity index (χ0n) is 7.26. The second kappa shape index (κ2) is 5.55. The first-order valence-electron chi connectivity index (χ1n) is 4.03. The van der Waals surface area contributed by atoms with Gasteiger partial charge in [-0.05, 0) is 19.5 Å². The van der Waals surface area contributed by atoms with E-state index in [0.717, 1.165) is 19.5 Å². The Bertz CT molecular complexity index is 175. The van der Waals surface area contributed by atoms with Crippen LogP contribution in [0.15, 0.2) is 0 Å². The van der Waals surface area contributed by atoms with Crippen LogP contribution in [0.3, 0.4) is 0 Å². The van der Waals surface area contributed by atoms with Crippen molar-refractivity contribution in [3.8, 4) is 0 Å². The summed E-state index contributed by atoms with van der Waals surface area (Å²) in [5.74, 6) is 0.579. The molecule has 68 valence electrons. The van der Waals surface area contributed by atoms with Crippen molar-refractivity contribution in [1.82, 2.24) is 5.32 Å². The molecule has 0 saturated carbocycles. The quantitative estimate of drug-likeness (QED) is 0.601. The third-order valence-electron chi connectivity index (χ3n) is 1.50. The third-order valence-corrected chi connectivity index (χ3v) is 3.29. The van der Waals surface area contributed by atoms with Crippen molar-refractivity contribution in [2.75, 3.05) is 24.6 Å². The molecule has 0 aromatic rings. The van der Waals surface area contributed by atoms with E-state index in [9.17, 15) is 8.42 Å². The van der Waals surface area contributed by atoms with Gasteiger partial charge in [-0.3, -0.25) is 0 Å². The van der Waals surface area contributed by atoms with Gasteiger partial charge in [0.25, 0.3) is 0 Å². The molecule has 0 fully saturated rings. The highest BCUT2D eigenvalue weighted by atomic mass is 32.2. The van der Waals surface area contributed by atoms with E-state index in [1.807, 2.05) is 6.92 Å². The summed E-state index contributed by atoms with van der Waals surface area (Å²) < 4.78 is 21.9. The van der Waals surface area contributed by atoms with Gasteiger partial charge in [-0.25, -0.2) is 8.42 Å². The minimum atomic E-state index is -2.74. The minimum Gasteiger partial charge on any atom is -0.317 e. The number of hydrogen-bond acceptors (Lipinski definition) is 3. The van der Waals surface area contributed by atoms with Crippen LogP contribution in [0.25, 0.3) is 0 Å². The highest BCUT2D eigenvalue weighted by Crippen LogP contribution is 1.91. The summed E-state index contributed by atoms with van der Waals surface area (Å²) in [6.45, 7) is 5.40. The normalized spacial score (nSPS) is 11.8. The van der Waals surface area contributed by atoms with Gasteiger partial charge < -0.3 is 5.32 Å². The Morgan fingerprint density at radius 3 is 2.36 bits per heavy atom. The van der Waals surface area contributed by atoms with Crippen molar-refractivity contribution in [3.05, 3.63) is 0 Å². The fraction of sp³-hybridized carbons (Fsp3) is 1.00. The maximum Gasteiger partial charge on any atom is 0.150 e. The first-order chi connectivity index (χ1) is 5.12. The summed E-state index contributed by atoms with van der Waals surface area (Å²) in [5, 5.41) is 3.08. The molecule has 0 aromatic carbocycles. The molecule has 0 aliphatic rings. The Morgan fingerprint density at radius 2 is 1.91 bits per heavy atom. The van der Waals surface area contributed by atoms with E-state index in [4.69, 9.17) is 0 Å². The molecule has 11 heavy (non-hydrogen) atoms. The van der Waals surface area contributed by atoms with Gasteiger partial charge in [-0.15, -0.1) is 0 Å². The monoisotopic (exact) mass is 179 g/mol. The first kappa shape index (κ1) is 10.9. The standard InChI is InChI=1S/C7H17NO2S/c1-3-8-6-5-7-11(9,10)4-2/h8H,3-7H2,1-2H3. The van der Waals surface area contributed by atoms with Crippen molar-refractivity contribution in [2.24, 2.45) is 0 Å². The minimum absolute atomic E-state index is 0.263. The highest BCUT2D eigenvalue weighted by molar-refractivity contribution is 7.91. The van der Waals surface area contributed by atoms with Crippen LogP contribution in [0, 0.1) is 0 Å². The fourth-order valence-electron chi connectivity index (χ4n) is 0.738. The molecular formula is C7H17NO2S. The SMILES string of the molecule is CCNCCCS(=O)(=O)CC. The van der Waals surface area contributed by atoms with Crippen LogP contribution >= 0.6 is 0 Å². The van der Waals surface area contributed by atoms with Gasteiger partial charge in [0.05, 0.1) is 5.75 Å². The molecule has 0 amide bonds. The second-order valence-electron chi connectivity index (χ2n) is 2.44. The Balaban J connectivity index is 3.39. The molecule has 0 aliphatic heterocycles. The van der Waals surface area contributed by atoms with Crippen molar-refractivity contribution < 1.29 is 8.42 Å². The lowest BCUT2D eigenvalue weighted by atomic mass is 10.5. The molecule has 0 radical (unpaired) electrons. The van der Waals surface area contributed by atoms with Crippen LogP contribution < -0.4 is 5.32 Å². The number of rotatable bonds is 6. The lowest BCUT2D eigenvalue weighted by molar-refractivity contribution is 0.591. The van der Waals surface area contributed by atoms with E-state index in [2.05, 4.69) is 5.32 Å². The van der Waals surface area contributed by atoms with Gasteiger partial charge in [-0.2, -0.15) is 0 Å². The van der Waals surface area contributed by atoms with E-state index in [0.29, 0.717) is 5.75 Å². The van der Waals surface area contributed by atoms with Gasteiger partial charge in [0.15, 0.2) is 0 Å². The molecule has 1 N–H and O–H groups in total. The van der Waals surface area contributed by atoms with Crippen LogP contribution in [-0.2, 0) is 9.84 Å². The third kappa shape index (κ3) is 6.31. The van der Waals surface area contributed by atoms with Crippen LogP contribution in [-0.4, -0.2) is 33.0 Å². The molecular weight excluding hydrogens is 162 g/mol. The summed E-state index contributed by atoms with van der Waals surface area (Å²) in [6, 6.07) is 0. The second-order valence-corrected chi connectivity index (χ2v) is 4.92. The Kier molecular flexibility index (Phi) is 5.50. The Hall–Kier alpha value is -0.0900. The summed E-state index contributed by atoms with van der Waals surface area (Å²) in [6.07, 6.45) is 0.726. The van der Waals surface area contributed by atoms with Crippen molar-refractivity contribution >= 4 is 9.84 Å². The van der Waals surface area contributed by atoms with Crippen LogP contribution in [0.5, 0.6) is 0 Å². The molecule has 0 saturated heterocycles. The topological polar surface area (TPSA) is 46.2 Å². The smallest absolute Gasteiger partial charge is 0.150 e. The maximum absolute atomic E-state index is 10.9. The van der Waals surface area contributed by atoms with E-state index >= 15 is 0 Å². The average Bonchev–Trinajstić information content (AvgIpc) is 1.99. The molecule has 0 aliphatic carbocycles. The largest absolute Gasteiger partial charge is 0.317 e. The first-order valence-corrected chi connectivity index (χ1v) is 5.85. The molecule has 3 nitrogen and oxygen atoms in total. The Labute approximate surface area is 69.1 Å². The van der Waals surface area contributed by atoms with Gasteiger partial charge in [-0.1, -0.05) is 13.8 Å². The zero-order valence-corrected chi connectivity index (χ0v) is 8.08. The van der Waals surface area contributed by atoms with Gasteiger partial charge in [0.1, 0.15) is 9.84 Å². The van der Waals surface area contributed by atoms with Gasteiger partial charge in [0.2, 0.25) is 0 Å². The van der Waals surface area contributed by atoms with Crippen LogP contribution in [0.4, 0.5) is 0 Å². The van der Waals surface area contributed by atoms with Crippen molar-refractivity contribution in [1.29, 1.82) is 0 Å². The highest BCUT2D eigenvalue weighted by Gasteiger charge is 2.05. The summed E-state index contributed by atoms with van der Waals surface area (Å²) >= 11 is 0. The molecule has 0 bridgehead atoms. The van der Waals surface area contributed by atoms with E-state index < -0.39 is 9.84 Å². The molecule has 0 unspecified atom stereocenters. The molecule has 0 heterocycles. The molecule has 0 atom stereocenters. The number of hydrogen-bond donors (Lipinski definition) is 1. The lowest BCUT2D eigenvalue weighted by Crippen LogP contribution is -2.18. The number of sulfone groups is 1. The molecule has 0 rings (SSSR count). The fourth-order valence-corrected chi connectivity index (χ4v) is 1.61. The maximum atomic E-state index is 10.9. The summed E-state index contributed by atoms with van der Waals surface area (Å²) in [5.41, 5.74) is 0. The van der Waals surface area contributed by atoms with Gasteiger partial charge in [0, 0.05) is 5.75 Å². The predicted molar refractivity (Wildman–Crippen MR) is 47.5 cm³/mol. The predicted octanol–water partition coefficient (Wildman–Crippen LogP) is 0.421. The number of nitrogens with one attached hydrogen (secondary N) is 1. The average molecular weight is 179 g/mol. The van der Waals surface area contributed by atoms with E-state index in [-0.39, 0.29) is 5.75 Å². The van der Waals surface area contributed by atoms with E-state index in [1.54, 1.807) is 6.92 Å². The van der Waals surface area contributed by atoms with Gasteiger partial charge >= 0.3 is 0 Å². The zero-order chi connectivity index (χ0) is 8.74.